The third kappa shape index (κ3) is 3.55. The topological polar surface area (TPSA) is 80.4 Å². The predicted octanol–water partition coefficient (Wildman–Crippen LogP) is 0.0113. The van der Waals surface area contributed by atoms with Gasteiger partial charge < -0.3 is 10.8 Å². The lowest BCUT2D eigenvalue weighted by atomic mass is 9.89. The van der Waals surface area contributed by atoms with E-state index in [0.29, 0.717) is 6.54 Å². The molecular weight excluding hydrogens is 202 g/mol. The number of nitrogens with two attached hydrogens (primary N) is 1. The maximum Gasteiger partial charge on any atom is 0.152 e. The highest BCUT2D eigenvalue weighted by molar-refractivity contribution is 7.91. The van der Waals surface area contributed by atoms with Gasteiger partial charge in [0.15, 0.2) is 9.84 Å². The standard InChI is InChI=1S/C9H21NO3S/c1-6(2)8(5-10)9(11)7(3)14(4,12)13/h6-9,11H,5,10H2,1-4H3. The molecule has 5 heteroatoms. The Morgan fingerprint density at radius 3 is 1.93 bits per heavy atom. The molecule has 0 fully saturated rings. The first-order valence-electron chi connectivity index (χ1n) is 4.78. The summed E-state index contributed by atoms with van der Waals surface area (Å²) >= 11 is 0. The van der Waals surface area contributed by atoms with Crippen LogP contribution in [0.5, 0.6) is 0 Å². The van der Waals surface area contributed by atoms with Crippen molar-refractivity contribution in [1.29, 1.82) is 0 Å². The molecule has 0 saturated heterocycles. The number of rotatable bonds is 5. The van der Waals surface area contributed by atoms with E-state index in [1.165, 1.54) is 6.92 Å². The minimum Gasteiger partial charge on any atom is -0.391 e. The molecule has 14 heavy (non-hydrogen) atoms. The average molecular weight is 223 g/mol. The molecule has 0 aliphatic rings. The molecule has 0 bridgehead atoms. The van der Waals surface area contributed by atoms with Crippen LogP contribution in [0, 0.1) is 11.8 Å². The Bertz CT molecular complexity index is 261. The number of sulfone groups is 1. The van der Waals surface area contributed by atoms with Gasteiger partial charge in [-0.3, -0.25) is 0 Å². The lowest BCUT2D eigenvalue weighted by Crippen LogP contribution is -2.42. The van der Waals surface area contributed by atoms with Crippen molar-refractivity contribution in [1.82, 2.24) is 0 Å². The Balaban J connectivity index is 4.67. The maximum absolute atomic E-state index is 11.2. The summed E-state index contributed by atoms with van der Waals surface area (Å²) in [7, 11) is -3.20. The molecule has 0 saturated carbocycles. The van der Waals surface area contributed by atoms with E-state index in [-0.39, 0.29) is 11.8 Å². The fraction of sp³-hybridized carbons (Fsp3) is 1.00. The Labute approximate surface area is 86.4 Å². The average Bonchev–Trinajstić information content (AvgIpc) is 2.01. The third-order valence-corrected chi connectivity index (χ3v) is 4.35. The van der Waals surface area contributed by atoms with Gasteiger partial charge in [0, 0.05) is 12.2 Å². The lowest BCUT2D eigenvalue weighted by molar-refractivity contribution is 0.0853. The Morgan fingerprint density at radius 2 is 1.71 bits per heavy atom. The monoisotopic (exact) mass is 223 g/mol. The maximum atomic E-state index is 11.2. The van der Waals surface area contributed by atoms with Crippen LogP contribution in [0.4, 0.5) is 0 Å². The largest absolute Gasteiger partial charge is 0.391 e. The molecule has 0 aromatic carbocycles. The highest BCUT2D eigenvalue weighted by Gasteiger charge is 2.31. The molecule has 0 aromatic rings. The van der Waals surface area contributed by atoms with E-state index in [2.05, 4.69) is 0 Å². The Morgan fingerprint density at radius 1 is 1.29 bits per heavy atom. The zero-order valence-corrected chi connectivity index (χ0v) is 10.1. The summed E-state index contributed by atoms with van der Waals surface area (Å²) in [6.07, 6.45) is 0.254. The van der Waals surface area contributed by atoms with Gasteiger partial charge in [0.25, 0.3) is 0 Å². The first kappa shape index (κ1) is 13.9. The van der Waals surface area contributed by atoms with Gasteiger partial charge in [-0.1, -0.05) is 13.8 Å². The highest BCUT2D eigenvalue weighted by atomic mass is 32.2. The van der Waals surface area contributed by atoms with Crippen LogP contribution in [-0.4, -0.2) is 37.7 Å². The van der Waals surface area contributed by atoms with Crippen molar-refractivity contribution >= 4 is 9.84 Å². The highest BCUT2D eigenvalue weighted by Crippen LogP contribution is 2.19. The number of aliphatic hydroxyl groups excluding tert-OH is 1. The van der Waals surface area contributed by atoms with Gasteiger partial charge in [0.2, 0.25) is 0 Å². The van der Waals surface area contributed by atoms with E-state index in [0.717, 1.165) is 6.26 Å². The number of aliphatic hydroxyl groups is 1. The minimum absolute atomic E-state index is 0.167. The molecule has 0 rings (SSSR count). The Hall–Kier alpha value is -0.130. The number of hydrogen-bond acceptors (Lipinski definition) is 4. The summed E-state index contributed by atoms with van der Waals surface area (Å²) in [5.74, 6) is 0.0129. The molecular formula is C9H21NO3S. The van der Waals surface area contributed by atoms with Crippen LogP contribution >= 0.6 is 0 Å². The molecule has 0 radical (unpaired) electrons. The smallest absolute Gasteiger partial charge is 0.152 e. The summed E-state index contributed by atoms with van der Waals surface area (Å²) in [5.41, 5.74) is 5.50. The van der Waals surface area contributed by atoms with E-state index < -0.39 is 21.2 Å². The van der Waals surface area contributed by atoms with E-state index in [1.807, 2.05) is 13.8 Å². The van der Waals surface area contributed by atoms with E-state index >= 15 is 0 Å². The molecule has 3 N–H and O–H groups in total. The van der Waals surface area contributed by atoms with Crippen molar-refractivity contribution in [3.8, 4) is 0 Å². The van der Waals surface area contributed by atoms with E-state index in [4.69, 9.17) is 5.73 Å². The summed E-state index contributed by atoms with van der Waals surface area (Å²) in [4.78, 5) is 0. The van der Waals surface area contributed by atoms with Crippen LogP contribution in [0.15, 0.2) is 0 Å². The normalized spacial score (nSPS) is 19.4. The SMILES string of the molecule is CC(C)C(CN)C(O)C(C)S(C)(=O)=O. The van der Waals surface area contributed by atoms with Crippen LogP contribution in [0.2, 0.25) is 0 Å². The summed E-state index contributed by atoms with van der Waals surface area (Å²) in [6, 6.07) is 0. The van der Waals surface area contributed by atoms with Gasteiger partial charge in [0.05, 0.1) is 11.4 Å². The lowest BCUT2D eigenvalue weighted by Gasteiger charge is -2.28. The van der Waals surface area contributed by atoms with Crippen molar-refractivity contribution in [2.24, 2.45) is 17.6 Å². The first-order valence-corrected chi connectivity index (χ1v) is 6.74. The van der Waals surface area contributed by atoms with Crippen molar-refractivity contribution < 1.29 is 13.5 Å². The van der Waals surface area contributed by atoms with Crippen molar-refractivity contribution in [2.45, 2.75) is 32.1 Å². The van der Waals surface area contributed by atoms with Gasteiger partial charge in [-0.25, -0.2) is 8.42 Å². The second kappa shape index (κ2) is 5.09. The van der Waals surface area contributed by atoms with Gasteiger partial charge >= 0.3 is 0 Å². The first-order chi connectivity index (χ1) is 6.21. The molecule has 4 nitrogen and oxygen atoms in total. The minimum atomic E-state index is -3.20. The van der Waals surface area contributed by atoms with Crippen LogP contribution in [0.1, 0.15) is 20.8 Å². The number of hydrogen-bond donors (Lipinski definition) is 2. The summed E-state index contributed by atoms with van der Waals surface area (Å²) in [5, 5.41) is 9.07. The molecule has 86 valence electrons. The second-order valence-corrected chi connectivity index (χ2v) is 6.57. The van der Waals surface area contributed by atoms with Crippen molar-refractivity contribution in [3.05, 3.63) is 0 Å². The van der Waals surface area contributed by atoms with E-state index in [9.17, 15) is 13.5 Å². The van der Waals surface area contributed by atoms with Gasteiger partial charge in [-0.05, 0) is 19.4 Å². The molecule has 3 atom stereocenters. The van der Waals surface area contributed by atoms with Gasteiger partial charge in [0.1, 0.15) is 0 Å². The molecule has 0 spiro atoms. The Kier molecular flexibility index (Phi) is 5.05. The van der Waals surface area contributed by atoms with Crippen LogP contribution in [0.3, 0.4) is 0 Å². The van der Waals surface area contributed by atoms with Gasteiger partial charge in [-0.15, -0.1) is 0 Å². The van der Waals surface area contributed by atoms with Crippen LogP contribution in [0.25, 0.3) is 0 Å². The summed E-state index contributed by atoms with van der Waals surface area (Å²) < 4.78 is 22.4. The summed E-state index contributed by atoms with van der Waals surface area (Å²) in [6.45, 7) is 5.68. The molecule has 0 aliphatic heterocycles. The van der Waals surface area contributed by atoms with Gasteiger partial charge in [-0.2, -0.15) is 0 Å². The zero-order valence-electron chi connectivity index (χ0n) is 9.27. The molecule has 0 heterocycles. The zero-order chi connectivity index (χ0) is 11.5. The fourth-order valence-electron chi connectivity index (χ4n) is 1.41. The van der Waals surface area contributed by atoms with E-state index in [1.54, 1.807) is 0 Å². The van der Waals surface area contributed by atoms with Crippen LogP contribution < -0.4 is 5.73 Å². The van der Waals surface area contributed by atoms with Crippen LogP contribution in [-0.2, 0) is 9.84 Å². The fourth-order valence-corrected chi connectivity index (χ4v) is 2.12. The van der Waals surface area contributed by atoms with Crippen molar-refractivity contribution in [3.63, 3.8) is 0 Å². The molecule has 3 unspecified atom stereocenters. The third-order valence-electron chi connectivity index (χ3n) is 2.72. The quantitative estimate of drug-likeness (QED) is 0.688. The second-order valence-electron chi connectivity index (χ2n) is 4.17. The molecule has 0 amide bonds. The van der Waals surface area contributed by atoms with Crippen molar-refractivity contribution in [2.75, 3.05) is 12.8 Å². The molecule has 0 aliphatic carbocycles. The predicted molar refractivity (Wildman–Crippen MR) is 57.7 cm³/mol. The molecule has 0 aromatic heterocycles.